The van der Waals surface area contributed by atoms with Gasteiger partial charge in [-0.1, -0.05) is 6.92 Å². The van der Waals surface area contributed by atoms with E-state index in [4.69, 9.17) is 10.00 Å². The molecule has 108 valence electrons. The van der Waals surface area contributed by atoms with Gasteiger partial charge in [-0.05, 0) is 37.2 Å². The van der Waals surface area contributed by atoms with Crippen LogP contribution in [-0.2, 0) is 4.74 Å². The molecule has 2 atom stereocenters. The number of rotatable bonds is 4. The number of anilines is 1. The summed E-state index contributed by atoms with van der Waals surface area (Å²) >= 11 is 0. The maximum absolute atomic E-state index is 13.5. The second-order valence-corrected chi connectivity index (χ2v) is 4.92. The number of nitrogens with one attached hydrogen (secondary N) is 1. The number of benzene rings is 1. The fourth-order valence-corrected chi connectivity index (χ4v) is 2.52. The number of hydrogen-bond acceptors (Lipinski definition) is 4. The monoisotopic (exact) mass is 277 g/mol. The lowest BCUT2D eigenvalue weighted by molar-refractivity contribution is 0.0763. The van der Waals surface area contributed by atoms with Crippen LogP contribution < -0.4 is 10.2 Å². The summed E-state index contributed by atoms with van der Waals surface area (Å²) in [6.45, 7) is 6.62. The zero-order valence-electron chi connectivity index (χ0n) is 11.9. The van der Waals surface area contributed by atoms with Crippen LogP contribution in [0.3, 0.4) is 0 Å². The Bertz CT molecular complexity index is 500. The number of nitrogens with zero attached hydrogens (tertiary/aromatic N) is 2. The van der Waals surface area contributed by atoms with Crippen LogP contribution in [0.1, 0.15) is 25.5 Å². The van der Waals surface area contributed by atoms with Crippen molar-refractivity contribution in [3.05, 3.63) is 29.6 Å². The normalized spacial score (nSPS) is 20.5. The Kier molecular flexibility index (Phi) is 4.94. The third-order valence-corrected chi connectivity index (χ3v) is 3.52. The molecule has 20 heavy (non-hydrogen) atoms. The lowest BCUT2D eigenvalue weighted by atomic mass is 10.0. The first-order valence-electron chi connectivity index (χ1n) is 6.94. The van der Waals surface area contributed by atoms with Crippen LogP contribution in [0.15, 0.2) is 18.2 Å². The third kappa shape index (κ3) is 3.27. The van der Waals surface area contributed by atoms with Gasteiger partial charge in [0.15, 0.2) is 6.10 Å². The molecule has 0 bridgehead atoms. The maximum atomic E-state index is 13.5. The highest BCUT2D eigenvalue weighted by Gasteiger charge is 2.23. The standard InChI is InChI=1S/C15H20FN3O/c1-3-18-11(2)14-8-12(16)4-5-15(14)19-6-7-20-13(9-17)10-19/h4-5,8,11,13,18H,3,6-7,10H2,1-2H3. The van der Waals surface area contributed by atoms with Crippen molar-refractivity contribution in [1.29, 1.82) is 5.26 Å². The predicted molar refractivity (Wildman–Crippen MR) is 76.1 cm³/mol. The van der Waals surface area contributed by atoms with Gasteiger partial charge < -0.3 is 15.0 Å². The summed E-state index contributed by atoms with van der Waals surface area (Å²) in [5.74, 6) is -0.237. The molecule has 1 aromatic rings. The maximum Gasteiger partial charge on any atom is 0.161 e. The zero-order chi connectivity index (χ0) is 14.5. The van der Waals surface area contributed by atoms with Gasteiger partial charge in [-0.3, -0.25) is 0 Å². The van der Waals surface area contributed by atoms with Crippen molar-refractivity contribution in [1.82, 2.24) is 5.32 Å². The highest BCUT2D eigenvalue weighted by atomic mass is 19.1. The van der Waals surface area contributed by atoms with Crippen LogP contribution in [0.25, 0.3) is 0 Å². The number of halogens is 1. The number of morpholine rings is 1. The fourth-order valence-electron chi connectivity index (χ4n) is 2.52. The van der Waals surface area contributed by atoms with E-state index in [2.05, 4.69) is 16.3 Å². The van der Waals surface area contributed by atoms with E-state index in [1.165, 1.54) is 6.07 Å². The summed E-state index contributed by atoms with van der Waals surface area (Å²) < 4.78 is 18.9. The predicted octanol–water partition coefficient (Wildman–Crippen LogP) is 2.22. The van der Waals surface area contributed by atoms with Gasteiger partial charge in [0.25, 0.3) is 0 Å². The van der Waals surface area contributed by atoms with E-state index >= 15 is 0 Å². The molecule has 2 unspecified atom stereocenters. The molecule has 1 heterocycles. The minimum atomic E-state index is -0.420. The minimum Gasteiger partial charge on any atom is -0.365 e. The lowest BCUT2D eigenvalue weighted by Gasteiger charge is -2.34. The van der Waals surface area contributed by atoms with Gasteiger partial charge in [0.1, 0.15) is 5.82 Å². The summed E-state index contributed by atoms with van der Waals surface area (Å²) in [5, 5.41) is 12.3. The van der Waals surface area contributed by atoms with Gasteiger partial charge >= 0.3 is 0 Å². The summed E-state index contributed by atoms with van der Waals surface area (Å²) in [4.78, 5) is 2.10. The minimum absolute atomic E-state index is 0.0640. The van der Waals surface area contributed by atoms with E-state index in [0.29, 0.717) is 13.2 Å². The molecule has 1 aliphatic rings. The Balaban J connectivity index is 2.28. The molecule has 1 fully saturated rings. The molecule has 1 saturated heterocycles. The smallest absolute Gasteiger partial charge is 0.161 e. The lowest BCUT2D eigenvalue weighted by Crippen LogP contribution is -2.42. The van der Waals surface area contributed by atoms with Crippen molar-refractivity contribution in [3.63, 3.8) is 0 Å². The molecule has 0 aliphatic carbocycles. The molecule has 4 nitrogen and oxygen atoms in total. The zero-order valence-corrected chi connectivity index (χ0v) is 11.9. The van der Waals surface area contributed by atoms with Crippen LogP contribution in [0, 0.1) is 17.1 Å². The molecule has 1 aromatic carbocycles. The van der Waals surface area contributed by atoms with E-state index < -0.39 is 6.10 Å². The van der Waals surface area contributed by atoms with E-state index in [9.17, 15) is 4.39 Å². The van der Waals surface area contributed by atoms with Crippen molar-refractivity contribution in [2.75, 3.05) is 31.1 Å². The summed E-state index contributed by atoms with van der Waals surface area (Å²) in [5.41, 5.74) is 1.90. The van der Waals surface area contributed by atoms with Crippen molar-refractivity contribution in [2.24, 2.45) is 0 Å². The van der Waals surface area contributed by atoms with Gasteiger partial charge in [0, 0.05) is 18.3 Å². The first kappa shape index (κ1) is 14.8. The average Bonchev–Trinajstić information content (AvgIpc) is 2.47. The van der Waals surface area contributed by atoms with Crippen LogP contribution in [0.4, 0.5) is 10.1 Å². The van der Waals surface area contributed by atoms with Gasteiger partial charge in [0.2, 0.25) is 0 Å². The molecule has 0 aromatic heterocycles. The van der Waals surface area contributed by atoms with Crippen molar-refractivity contribution < 1.29 is 9.13 Å². The fraction of sp³-hybridized carbons (Fsp3) is 0.533. The van der Waals surface area contributed by atoms with E-state index in [0.717, 1.165) is 24.3 Å². The van der Waals surface area contributed by atoms with Crippen LogP contribution in [0.5, 0.6) is 0 Å². The van der Waals surface area contributed by atoms with Gasteiger partial charge in [-0.25, -0.2) is 4.39 Å². The van der Waals surface area contributed by atoms with Crippen molar-refractivity contribution >= 4 is 5.69 Å². The molecule has 0 saturated carbocycles. The summed E-state index contributed by atoms with van der Waals surface area (Å²) in [6.07, 6.45) is -0.420. The van der Waals surface area contributed by atoms with Gasteiger partial charge in [-0.2, -0.15) is 5.26 Å². The van der Waals surface area contributed by atoms with Crippen molar-refractivity contribution in [2.45, 2.75) is 26.0 Å². The average molecular weight is 277 g/mol. The first-order valence-corrected chi connectivity index (χ1v) is 6.94. The Morgan fingerprint density at radius 3 is 3.10 bits per heavy atom. The molecule has 2 rings (SSSR count). The Hall–Kier alpha value is -1.64. The number of hydrogen-bond donors (Lipinski definition) is 1. The van der Waals surface area contributed by atoms with E-state index in [-0.39, 0.29) is 11.9 Å². The SMILES string of the molecule is CCNC(C)c1cc(F)ccc1N1CCOC(C#N)C1. The Labute approximate surface area is 119 Å². The van der Waals surface area contributed by atoms with E-state index in [1.807, 2.05) is 13.8 Å². The number of nitriles is 1. The molecule has 0 amide bonds. The van der Waals surface area contributed by atoms with Gasteiger partial charge in [-0.15, -0.1) is 0 Å². The Morgan fingerprint density at radius 1 is 1.60 bits per heavy atom. The molecule has 5 heteroatoms. The molecule has 0 radical (unpaired) electrons. The molecular formula is C15H20FN3O. The highest BCUT2D eigenvalue weighted by Crippen LogP contribution is 2.28. The second kappa shape index (κ2) is 6.69. The summed E-state index contributed by atoms with van der Waals surface area (Å²) in [6, 6.07) is 7.02. The molecule has 1 aliphatic heterocycles. The Morgan fingerprint density at radius 2 is 2.40 bits per heavy atom. The molecule has 1 N–H and O–H groups in total. The van der Waals surface area contributed by atoms with Crippen LogP contribution in [0.2, 0.25) is 0 Å². The molecular weight excluding hydrogens is 257 g/mol. The quantitative estimate of drug-likeness (QED) is 0.917. The van der Waals surface area contributed by atoms with E-state index in [1.54, 1.807) is 12.1 Å². The largest absolute Gasteiger partial charge is 0.365 e. The summed E-state index contributed by atoms with van der Waals surface area (Å²) in [7, 11) is 0. The first-order chi connectivity index (χ1) is 9.65. The van der Waals surface area contributed by atoms with Gasteiger partial charge in [0.05, 0.1) is 19.2 Å². The molecule has 0 spiro atoms. The van der Waals surface area contributed by atoms with Crippen LogP contribution >= 0.6 is 0 Å². The number of ether oxygens (including phenoxy) is 1. The van der Waals surface area contributed by atoms with Crippen LogP contribution in [-0.4, -0.2) is 32.3 Å². The second-order valence-electron chi connectivity index (χ2n) is 4.92. The topological polar surface area (TPSA) is 48.3 Å². The van der Waals surface area contributed by atoms with Crippen molar-refractivity contribution in [3.8, 4) is 6.07 Å². The third-order valence-electron chi connectivity index (χ3n) is 3.52. The highest BCUT2D eigenvalue weighted by molar-refractivity contribution is 5.55.